The van der Waals surface area contributed by atoms with Crippen LogP contribution in [-0.4, -0.2) is 9.97 Å². The van der Waals surface area contributed by atoms with Crippen LogP contribution in [0.5, 0.6) is 0 Å². The van der Waals surface area contributed by atoms with Crippen molar-refractivity contribution in [2.45, 2.75) is 6.18 Å². The molecule has 0 amide bonds. The van der Waals surface area contributed by atoms with Crippen LogP contribution in [0.25, 0.3) is 11.3 Å². The van der Waals surface area contributed by atoms with E-state index in [0.29, 0.717) is 5.69 Å². The Morgan fingerprint density at radius 2 is 1.94 bits per heavy atom. The number of halogens is 3. The zero-order chi connectivity index (χ0) is 12.5. The monoisotopic (exact) mass is 239 g/mol. The Bertz CT molecular complexity index is 537. The molecule has 2 aromatic rings. The summed E-state index contributed by atoms with van der Waals surface area (Å²) >= 11 is 0. The largest absolute Gasteiger partial charge is 0.418 e. The van der Waals surface area contributed by atoms with Gasteiger partial charge >= 0.3 is 6.18 Å². The second kappa shape index (κ2) is 4.04. The quantitative estimate of drug-likeness (QED) is 0.832. The predicted octanol–water partition coefficient (Wildman–Crippen LogP) is 2.74. The molecule has 2 heterocycles. The van der Waals surface area contributed by atoms with Crippen molar-refractivity contribution in [2.24, 2.45) is 0 Å². The van der Waals surface area contributed by atoms with Crippen LogP contribution in [0.1, 0.15) is 5.56 Å². The number of nitrogen functional groups attached to an aromatic ring is 1. The van der Waals surface area contributed by atoms with Crippen LogP contribution in [0.3, 0.4) is 0 Å². The van der Waals surface area contributed by atoms with Gasteiger partial charge in [-0.15, -0.1) is 0 Å². The standard InChI is InChI=1S/C11H8F3N3/c12-11(13,14)9-2-1-3-17-10(9)7-4-8(15)6-16-5-7/h1-6H,15H2. The molecule has 0 atom stereocenters. The summed E-state index contributed by atoms with van der Waals surface area (Å²) < 4.78 is 38.2. The Morgan fingerprint density at radius 3 is 2.59 bits per heavy atom. The third-order valence-corrected chi connectivity index (χ3v) is 2.15. The molecule has 2 aromatic heterocycles. The zero-order valence-electron chi connectivity index (χ0n) is 8.57. The van der Waals surface area contributed by atoms with Crippen LogP contribution in [0.2, 0.25) is 0 Å². The fourth-order valence-corrected chi connectivity index (χ4v) is 1.45. The van der Waals surface area contributed by atoms with E-state index in [0.717, 1.165) is 6.07 Å². The maximum atomic E-state index is 12.7. The molecule has 3 nitrogen and oxygen atoms in total. The molecule has 17 heavy (non-hydrogen) atoms. The number of aromatic nitrogens is 2. The van der Waals surface area contributed by atoms with Gasteiger partial charge in [-0.1, -0.05) is 0 Å². The van der Waals surface area contributed by atoms with Gasteiger partial charge < -0.3 is 5.73 Å². The van der Waals surface area contributed by atoms with Crippen LogP contribution in [0.4, 0.5) is 18.9 Å². The Morgan fingerprint density at radius 1 is 1.18 bits per heavy atom. The number of anilines is 1. The van der Waals surface area contributed by atoms with Gasteiger partial charge in [-0.05, 0) is 18.2 Å². The highest BCUT2D eigenvalue weighted by Gasteiger charge is 2.34. The first kappa shape index (κ1) is 11.4. The van der Waals surface area contributed by atoms with Crippen molar-refractivity contribution in [3.8, 4) is 11.3 Å². The van der Waals surface area contributed by atoms with Gasteiger partial charge in [-0.2, -0.15) is 13.2 Å². The first-order valence-corrected chi connectivity index (χ1v) is 4.71. The molecule has 0 aliphatic carbocycles. The number of nitrogens with zero attached hydrogens (tertiary/aromatic N) is 2. The highest BCUT2D eigenvalue weighted by Crippen LogP contribution is 2.35. The summed E-state index contributed by atoms with van der Waals surface area (Å²) in [4.78, 5) is 7.49. The van der Waals surface area contributed by atoms with Crippen molar-refractivity contribution in [3.05, 3.63) is 42.4 Å². The summed E-state index contributed by atoms with van der Waals surface area (Å²) in [5.74, 6) is 0. The number of hydrogen-bond donors (Lipinski definition) is 1. The van der Waals surface area contributed by atoms with E-state index in [1.807, 2.05) is 0 Å². The van der Waals surface area contributed by atoms with Crippen LogP contribution >= 0.6 is 0 Å². The van der Waals surface area contributed by atoms with E-state index < -0.39 is 11.7 Å². The summed E-state index contributed by atoms with van der Waals surface area (Å²) in [6, 6.07) is 3.63. The summed E-state index contributed by atoms with van der Waals surface area (Å²) in [5, 5.41) is 0. The summed E-state index contributed by atoms with van der Waals surface area (Å²) in [6.07, 6.45) is -0.490. The lowest BCUT2D eigenvalue weighted by molar-refractivity contribution is -0.137. The summed E-state index contributed by atoms with van der Waals surface area (Å²) in [7, 11) is 0. The molecule has 0 aromatic carbocycles. The molecule has 0 aliphatic heterocycles. The number of hydrogen-bond acceptors (Lipinski definition) is 3. The van der Waals surface area contributed by atoms with Gasteiger partial charge in [0.1, 0.15) is 0 Å². The van der Waals surface area contributed by atoms with Crippen LogP contribution < -0.4 is 5.73 Å². The molecule has 0 spiro atoms. The molecule has 2 N–H and O–H groups in total. The van der Waals surface area contributed by atoms with Crippen molar-refractivity contribution >= 4 is 5.69 Å². The topological polar surface area (TPSA) is 51.8 Å². The second-order valence-electron chi connectivity index (χ2n) is 3.40. The first-order chi connectivity index (χ1) is 7.98. The number of rotatable bonds is 1. The van der Waals surface area contributed by atoms with Crippen LogP contribution in [0, 0.1) is 0 Å². The Kier molecular flexibility index (Phi) is 2.71. The zero-order valence-corrected chi connectivity index (χ0v) is 8.57. The Balaban J connectivity index is 2.60. The van der Waals surface area contributed by atoms with Crippen molar-refractivity contribution in [3.63, 3.8) is 0 Å². The van der Waals surface area contributed by atoms with Crippen LogP contribution in [0.15, 0.2) is 36.8 Å². The minimum Gasteiger partial charge on any atom is -0.397 e. The van der Waals surface area contributed by atoms with Crippen molar-refractivity contribution in [1.82, 2.24) is 9.97 Å². The fourth-order valence-electron chi connectivity index (χ4n) is 1.45. The predicted molar refractivity (Wildman–Crippen MR) is 56.9 cm³/mol. The number of alkyl halides is 3. The van der Waals surface area contributed by atoms with E-state index in [1.165, 1.54) is 30.7 Å². The molecular weight excluding hydrogens is 231 g/mol. The third-order valence-electron chi connectivity index (χ3n) is 2.15. The molecule has 88 valence electrons. The van der Waals surface area contributed by atoms with Gasteiger partial charge in [0.05, 0.1) is 16.9 Å². The summed E-state index contributed by atoms with van der Waals surface area (Å²) in [6.45, 7) is 0. The van der Waals surface area contributed by atoms with Gasteiger partial charge in [0.2, 0.25) is 0 Å². The molecule has 0 radical (unpaired) electrons. The lowest BCUT2D eigenvalue weighted by Gasteiger charge is -2.11. The maximum Gasteiger partial charge on any atom is 0.418 e. The fraction of sp³-hybridized carbons (Fsp3) is 0.0909. The highest BCUT2D eigenvalue weighted by atomic mass is 19.4. The number of pyridine rings is 2. The summed E-state index contributed by atoms with van der Waals surface area (Å²) in [5.41, 5.74) is 5.06. The van der Waals surface area contributed by atoms with Gasteiger partial charge in [0.25, 0.3) is 0 Å². The molecular formula is C11H8F3N3. The van der Waals surface area contributed by atoms with Gasteiger partial charge in [0, 0.05) is 24.2 Å². The molecule has 6 heteroatoms. The van der Waals surface area contributed by atoms with E-state index in [2.05, 4.69) is 9.97 Å². The van der Waals surface area contributed by atoms with E-state index in [1.54, 1.807) is 0 Å². The van der Waals surface area contributed by atoms with Crippen molar-refractivity contribution < 1.29 is 13.2 Å². The third kappa shape index (κ3) is 2.35. The lowest BCUT2D eigenvalue weighted by atomic mass is 10.1. The molecule has 0 saturated carbocycles. The minimum atomic E-state index is -4.45. The van der Waals surface area contributed by atoms with Gasteiger partial charge in [-0.25, -0.2) is 0 Å². The molecule has 0 unspecified atom stereocenters. The average molecular weight is 239 g/mol. The van der Waals surface area contributed by atoms with E-state index in [4.69, 9.17) is 5.73 Å². The van der Waals surface area contributed by atoms with E-state index in [9.17, 15) is 13.2 Å². The maximum absolute atomic E-state index is 12.7. The lowest BCUT2D eigenvalue weighted by Crippen LogP contribution is -2.08. The Hall–Kier alpha value is -2.11. The normalized spacial score (nSPS) is 11.5. The average Bonchev–Trinajstić information content (AvgIpc) is 2.28. The first-order valence-electron chi connectivity index (χ1n) is 4.71. The van der Waals surface area contributed by atoms with Gasteiger partial charge in [-0.3, -0.25) is 9.97 Å². The Labute approximate surface area is 95.1 Å². The second-order valence-corrected chi connectivity index (χ2v) is 3.40. The van der Waals surface area contributed by atoms with Gasteiger partial charge in [0.15, 0.2) is 0 Å². The molecule has 2 rings (SSSR count). The van der Waals surface area contributed by atoms with Crippen LogP contribution in [-0.2, 0) is 6.18 Å². The molecule has 0 saturated heterocycles. The minimum absolute atomic E-state index is 0.167. The molecule has 0 bridgehead atoms. The molecule has 0 fully saturated rings. The van der Waals surface area contributed by atoms with E-state index in [-0.39, 0.29) is 11.3 Å². The molecule has 0 aliphatic rings. The van der Waals surface area contributed by atoms with E-state index >= 15 is 0 Å². The number of nitrogens with two attached hydrogens (primary N) is 1. The smallest absolute Gasteiger partial charge is 0.397 e. The van der Waals surface area contributed by atoms with Crippen molar-refractivity contribution in [2.75, 3.05) is 5.73 Å². The highest BCUT2D eigenvalue weighted by molar-refractivity contribution is 5.65. The SMILES string of the molecule is Nc1cncc(-c2ncccc2C(F)(F)F)c1. The van der Waals surface area contributed by atoms with Crippen molar-refractivity contribution in [1.29, 1.82) is 0 Å².